The topological polar surface area (TPSA) is 35.2 Å². The van der Waals surface area contributed by atoms with E-state index in [-0.39, 0.29) is 0 Å². The highest BCUT2D eigenvalue weighted by Gasteiger charge is 2.10. The summed E-state index contributed by atoms with van der Waals surface area (Å²) in [6.45, 7) is 2.48. The maximum Gasteiger partial charge on any atom is 0.132 e. The number of hydrogen-bond donors (Lipinski definition) is 1. The van der Waals surface area contributed by atoms with Gasteiger partial charge >= 0.3 is 0 Å². The van der Waals surface area contributed by atoms with E-state index in [9.17, 15) is 0 Å². The molecule has 2 aromatic carbocycles. The molecule has 0 unspecified atom stereocenters. The van der Waals surface area contributed by atoms with Gasteiger partial charge in [0.05, 0.1) is 0 Å². The fraction of sp³-hybridized carbons (Fsp3) is 0.200. The summed E-state index contributed by atoms with van der Waals surface area (Å²) in [5.41, 5.74) is 7.52. The number of rotatable bonds is 4. The number of halogens is 2. The third kappa shape index (κ3) is 3.41. The van der Waals surface area contributed by atoms with Gasteiger partial charge in [-0.25, -0.2) is 0 Å². The molecule has 2 nitrogen and oxygen atoms in total. The molecule has 0 saturated heterocycles. The van der Waals surface area contributed by atoms with Crippen LogP contribution in [-0.2, 0) is 6.42 Å². The number of ether oxygens (including phenoxy) is 1. The predicted molar refractivity (Wildman–Crippen MR) is 80.5 cm³/mol. The molecular formula is C15H15Cl2NO. The van der Waals surface area contributed by atoms with Crippen LogP contribution in [0.15, 0.2) is 36.4 Å². The number of benzene rings is 2. The molecular weight excluding hydrogens is 281 g/mol. The van der Waals surface area contributed by atoms with Gasteiger partial charge in [0, 0.05) is 15.6 Å². The second-order valence-corrected chi connectivity index (χ2v) is 5.11. The van der Waals surface area contributed by atoms with Gasteiger partial charge in [-0.3, -0.25) is 0 Å². The Labute approximate surface area is 123 Å². The van der Waals surface area contributed by atoms with Crippen LogP contribution in [0.1, 0.15) is 11.1 Å². The Morgan fingerprint density at radius 1 is 1.11 bits per heavy atom. The van der Waals surface area contributed by atoms with Crippen LogP contribution in [0.2, 0.25) is 10.0 Å². The van der Waals surface area contributed by atoms with Gasteiger partial charge in [-0.15, -0.1) is 0 Å². The molecule has 0 saturated carbocycles. The van der Waals surface area contributed by atoms with Gasteiger partial charge in [-0.2, -0.15) is 0 Å². The van der Waals surface area contributed by atoms with Crippen LogP contribution in [0.25, 0.3) is 0 Å². The number of hydrogen-bond acceptors (Lipinski definition) is 2. The Balaban J connectivity index is 2.35. The van der Waals surface area contributed by atoms with Crippen LogP contribution in [0.3, 0.4) is 0 Å². The lowest BCUT2D eigenvalue weighted by molar-refractivity contribution is 0.472. The lowest BCUT2D eigenvalue weighted by atomic mass is 10.1. The summed E-state index contributed by atoms with van der Waals surface area (Å²) in [4.78, 5) is 0. The summed E-state index contributed by atoms with van der Waals surface area (Å²) in [7, 11) is 0. The Morgan fingerprint density at radius 2 is 1.89 bits per heavy atom. The minimum Gasteiger partial charge on any atom is -0.457 e. The third-order valence-corrected chi connectivity index (χ3v) is 3.42. The zero-order valence-electron chi connectivity index (χ0n) is 10.6. The second kappa shape index (κ2) is 6.29. The molecule has 0 heterocycles. The highest BCUT2D eigenvalue weighted by atomic mass is 35.5. The average Bonchev–Trinajstić information content (AvgIpc) is 2.37. The molecule has 2 N–H and O–H groups in total. The normalized spacial score (nSPS) is 10.5. The summed E-state index contributed by atoms with van der Waals surface area (Å²) in [6, 6.07) is 11.1. The predicted octanol–water partition coefficient (Wildman–Crippen LogP) is 4.60. The van der Waals surface area contributed by atoms with Gasteiger partial charge in [0.25, 0.3) is 0 Å². The minimum absolute atomic E-state index is 0.527. The molecule has 0 aliphatic carbocycles. The van der Waals surface area contributed by atoms with Gasteiger partial charge in [0.1, 0.15) is 11.5 Å². The summed E-state index contributed by atoms with van der Waals surface area (Å²) in [5.74, 6) is 1.51. The minimum atomic E-state index is 0.527. The molecule has 0 fully saturated rings. The molecule has 0 amide bonds. The lowest BCUT2D eigenvalue weighted by Gasteiger charge is -2.13. The molecule has 0 aliphatic heterocycles. The Morgan fingerprint density at radius 3 is 2.58 bits per heavy atom. The molecule has 0 radical (unpaired) electrons. The summed E-state index contributed by atoms with van der Waals surface area (Å²) in [5, 5.41) is 1.37. The van der Waals surface area contributed by atoms with Crippen molar-refractivity contribution in [2.24, 2.45) is 5.73 Å². The van der Waals surface area contributed by atoms with Gasteiger partial charge in [0.15, 0.2) is 0 Å². The fourth-order valence-electron chi connectivity index (χ4n) is 1.87. The van der Waals surface area contributed by atoms with E-state index >= 15 is 0 Å². The lowest BCUT2D eigenvalue weighted by Crippen LogP contribution is -2.04. The van der Waals surface area contributed by atoms with E-state index in [0.29, 0.717) is 23.0 Å². The van der Waals surface area contributed by atoms with Gasteiger partial charge in [0.2, 0.25) is 0 Å². The zero-order valence-corrected chi connectivity index (χ0v) is 12.1. The molecule has 2 rings (SSSR count). The molecule has 0 atom stereocenters. The van der Waals surface area contributed by atoms with E-state index in [0.717, 1.165) is 22.6 Å². The number of nitrogens with two attached hydrogens (primary N) is 1. The first kappa shape index (κ1) is 14.2. The Hall–Kier alpha value is -1.22. The second-order valence-electron chi connectivity index (χ2n) is 4.27. The van der Waals surface area contributed by atoms with Crippen LogP contribution in [0.5, 0.6) is 11.5 Å². The van der Waals surface area contributed by atoms with E-state index in [2.05, 4.69) is 0 Å². The first-order valence-corrected chi connectivity index (χ1v) is 6.79. The molecule has 0 bridgehead atoms. The maximum absolute atomic E-state index is 6.18. The molecule has 0 aromatic heterocycles. The molecule has 4 heteroatoms. The van der Waals surface area contributed by atoms with Crippen LogP contribution < -0.4 is 10.5 Å². The summed E-state index contributed by atoms with van der Waals surface area (Å²) in [6.07, 6.45) is 0.682. The van der Waals surface area contributed by atoms with E-state index in [4.69, 9.17) is 33.7 Å². The third-order valence-electron chi connectivity index (χ3n) is 2.83. The van der Waals surface area contributed by atoms with Crippen molar-refractivity contribution >= 4 is 23.2 Å². The monoisotopic (exact) mass is 295 g/mol. The van der Waals surface area contributed by atoms with Gasteiger partial charge in [-0.05, 0) is 55.8 Å². The first-order valence-electron chi connectivity index (χ1n) is 6.03. The van der Waals surface area contributed by atoms with Crippen molar-refractivity contribution in [1.82, 2.24) is 0 Å². The number of aryl methyl sites for hydroxylation is 1. The Kier molecular flexibility index (Phi) is 4.70. The fourth-order valence-corrected chi connectivity index (χ4v) is 2.35. The standard InChI is InChI=1S/C15H15Cl2NO/c1-10-9-11(16)5-6-14(10)19-15-4-2-3-13(17)12(15)7-8-18/h2-6,9H,7-8,18H2,1H3. The van der Waals surface area contributed by atoms with E-state index in [1.807, 2.05) is 37.3 Å². The van der Waals surface area contributed by atoms with Gasteiger partial charge in [-0.1, -0.05) is 29.3 Å². The molecule has 0 aliphatic rings. The van der Waals surface area contributed by atoms with Crippen LogP contribution in [0, 0.1) is 6.92 Å². The van der Waals surface area contributed by atoms with Crippen molar-refractivity contribution in [3.8, 4) is 11.5 Å². The summed E-state index contributed by atoms with van der Waals surface area (Å²) < 4.78 is 5.93. The van der Waals surface area contributed by atoms with Crippen LogP contribution >= 0.6 is 23.2 Å². The largest absolute Gasteiger partial charge is 0.457 e. The first-order chi connectivity index (χ1) is 9.11. The molecule has 100 valence electrons. The van der Waals surface area contributed by atoms with Crippen molar-refractivity contribution in [3.63, 3.8) is 0 Å². The van der Waals surface area contributed by atoms with Crippen LogP contribution in [0.4, 0.5) is 0 Å². The highest BCUT2D eigenvalue weighted by molar-refractivity contribution is 6.31. The van der Waals surface area contributed by atoms with E-state index in [1.54, 1.807) is 6.07 Å². The van der Waals surface area contributed by atoms with Crippen molar-refractivity contribution in [2.45, 2.75) is 13.3 Å². The van der Waals surface area contributed by atoms with E-state index in [1.165, 1.54) is 0 Å². The Bertz CT molecular complexity index is 584. The van der Waals surface area contributed by atoms with Crippen LogP contribution in [-0.4, -0.2) is 6.54 Å². The van der Waals surface area contributed by atoms with Crippen molar-refractivity contribution < 1.29 is 4.74 Å². The highest BCUT2D eigenvalue weighted by Crippen LogP contribution is 2.32. The van der Waals surface area contributed by atoms with Crippen molar-refractivity contribution in [3.05, 3.63) is 57.6 Å². The average molecular weight is 296 g/mol. The maximum atomic E-state index is 6.18. The molecule has 19 heavy (non-hydrogen) atoms. The van der Waals surface area contributed by atoms with Crippen molar-refractivity contribution in [1.29, 1.82) is 0 Å². The smallest absolute Gasteiger partial charge is 0.132 e. The van der Waals surface area contributed by atoms with Crippen molar-refractivity contribution in [2.75, 3.05) is 6.54 Å². The SMILES string of the molecule is Cc1cc(Cl)ccc1Oc1cccc(Cl)c1CCN. The van der Waals surface area contributed by atoms with Gasteiger partial charge < -0.3 is 10.5 Å². The summed E-state index contributed by atoms with van der Waals surface area (Å²) >= 11 is 12.1. The quantitative estimate of drug-likeness (QED) is 0.895. The zero-order chi connectivity index (χ0) is 13.8. The molecule has 2 aromatic rings. The van der Waals surface area contributed by atoms with E-state index < -0.39 is 0 Å². The molecule has 0 spiro atoms.